The maximum Gasteiger partial charge on any atom is 0.271 e. The number of primary amides is 1. The molecule has 1 aromatic heterocycles. The lowest BCUT2D eigenvalue weighted by Crippen LogP contribution is -2.53. The van der Waals surface area contributed by atoms with E-state index < -0.39 is 29.8 Å². The van der Waals surface area contributed by atoms with Crippen molar-refractivity contribution in [2.45, 2.75) is 43.7 Å². The first-order chi connectivity index (χ1) is 18.9. The topological polar surface area (TPSA) is 147 Å². The number of fused-ring (bicyclic) bond motifs is 1. The van der Waals surface area contributed by atoms with E-state index in [1.165, 1.54) is 0 Å². The highest BCUT2D eigenvalue weighted by Crippen LogP contribution is 2.34. The molecule has 3 heterocycles. The molecule has 5 N–H and O–H groups in total. The van der Waals surface area contributed by atoms with E-state index in [9.17, 15) is 19.2 Å². The number of methoxy groups -OCH3 is 1. The molecule has 39 heavy (non-hydrogen) atoms. The Bertz CT molecular complexity index is 1390. The number of aromatic nitrogens is 1. The van der Waals surface area contributed by atoms with E-state index in [2.05, 4.69) is 15.6 Å². The molecule has 2 aliphatic heterocycles. The molecule has 0 spiro atoms. The summed E-state index contributed by atoms with van der Waals surface area (Å²) < 4.78 is 5.44. The lowest BCUT2D eigenvalue weighted by atomic mass is 9.91. The van der Waals surface area contributed by atoms with Crippen molar-refractivity contribution in [3.05, 3.63) is 65.9 Å². The monoisotopic (exact) mass is 531 g/mol. The first-order valence-electron chi connectivity index (χ1n) is 13.2. The quantitative estimate of drug-likeness (QED) is 0.351. The van der Waals surface area contributed by atoms with Crippen LogP contribution in [0.5, 0.6) is 5.75 Å². The molecule has 0 saturated carbocycles. The number of hydrogen-bond donors (Lipinski definition) is 4. The Morgan fingerprint density at radius 1 is 1.15 bits per heavy atom. The van der Waals surface area contributed by atoms with E-state index in [0.717, 1.165) is 22.9 Å². The van der Waals surface area contributed by atoms with Gasteiger partial charge in [0.25, 0.3) is 5.91 Å². The highest BCUT2D eigenvalue weighted by Gasteiger charge is 2.42. The summed E-state index contributed by atoms with van der Waals surface area (Å²) in [6.07, 6.45) is 1.94. The van der Waals surface area contributed by atoms with Gasteiger partial charge in [-0.1, -0.05) is 36.4 Å². The molecule has 0 aliphatic carbocycles. The molecule has 2 fully saturated rings. The SMILES string of the molecule is COc1cccc2[nH]c(C(=O)N3CC(c4ccccc4)C[C@H]3C(=O)N[C@@H](C[C@@H]3CCCNC3=O)C(N)=O)cc12. The molecule has 2 aliphatic rings. The minimum atomic E-state index is -1.02. The van der Waals surface area contributed by atoms with E-state index in [4.69, 9.17) is 10.5 Å². The molecular weight excluding hydrogens is 498 g/mol. The predicted octanol–water partition coefficient (Wildman–Crippen LogP) is 2.06. The molecule has 2 saturated heterocycles. The largest absolute Gasteiger partial charge is 0.496 e. The number of nitrogens with two attached hydrogens (primary N) is 1. The molecule has 5 rings (SSSR count). The summed E-state index contributed by atoms with van der Waals surface area (Å²) >= 11 is 0. The highest BCUT2D eigenvalue weighted by atomic mass is 16.5. The summed E-state index contributed by atoms with van der Waals surface area (Å²) in [7, 11) is 1.57. The fourth-order valence-electron chi connectivity index (χ4n) is 5.71. The number of amides is 4. The van der Waals surface area contributed by atoms with Crippen LogP contribution in [0.15, 0.2) is 54.6 Å². The Balaban J connectivity index is 1.40. The number of carbonyl (C=O) groups excluding carboxylic acids is 4. The van der Waals surface area contributed by atoms with Gasteiger partial charge < -0.3 is 31.0 Å². The van der Waals surface area contributed by atoms with Gasteiger partial charge in [-0.05, 0) is 49.4 Å². The lowest BCUT2D eigenvalue weighted by Gasteiger charge is -2.28. The summed E-state index contributed by atoms with van der Waals surface area (Å²) in [5.41, 5.74) is 7.75. The summed E-state index contributed by atoms with van der Waals surface area (Å²) in [4.78, 5) is 56.7. The normalized spacial score (nSPS) is 21.8. The van der Waals surface area contributed by atoms with Crippen LogP contribution in [0.3, 0.4) is 0 Å². The molecule has 10 nitrogen and oxygen atoms in total. The van der Waals surface area contributed by atoms with Gasteiger partial charge in [-0.15, -0.1) is 0 Å². The number of benzene rings is 2. The molecule has 204 valence electrons. The number of rotatable bonds is 8. The van der Waals surface area contributed by atoms with Crippen LogP contribution in [-0.4, -0.2) is 65.8 Å². The standard InChI is InChI=1S/C29H33N5O5/c1-39-25-11-5-10-21-20(25)15-23(32-21)29(38)34-16-19(17-7-3-2-4-8-17)14-24(34)28(37)33-22(26(30)35)13-18-9-6-12-31-27(18)36/h2-5,7-8,10-11,15,18-19,22,24,32H,6,9,12-14,16H2,1H3,(H2,30,35)(H,31,36)(H,33,37)/t18-,19?,22-,24-/m0/s1. The van der Waals surface area contributed by atoms with Crippen LogP contribution >= 0.6 is 0 Å². The lowest BCUT2D eigenvalue weighted by molar-refractivity contribution is -0.132. The van der Waals surface area contributed by atoms with Crippen molar-refractivity contribution >= 4 is 34.5 Å². The Hall–Kier alpha value is -4.34. The van der Waals surface area contributed by atoms with E-state index in [-0.39, 0.29) is 24.2 Å². The molecule has 3 aromatic rings. The van der Waals surface area contributed by atoms with Crippen molar-refractivity contribution in [2.24, 2.45) is 11.7 Å². The van der Waals surface area contributed by atoms with Crippen LogP contribution in [0.4, 0.5) is 0 Å². The number of piperidine rings is 1. The van der Waals surface area contributed by atoms with Crippen LogP contribution in [0.1, 0.15) is 47.7 Å². The van der Waals surface area contributed by atoms with Gasteiger partial charge in [0.15, 0.2) is 0 Å². The smallest absolute Gasteiger partial charge is 0.271 e. The van der Waals surface area contributed by atoms with Gasteiger partial charge >= 0.3 is 0 Å². The fourth-order valence-corrected chi connectivity index (χ4v) is 5.71. The predicted molar refractivity (Wildman–Crippen MR) is 145 cm³/mol. The van der Waals surface area contributed by atoms with Crippen molar-refractivity contribution in [3.8, 4) is 5.75 Å². The zero-order chi connectivity index (χ0) is 27.5. The van der Waals surface area contributed by atoms with Crippen LogP contribution in [-0.2, 0) is 14.4 Å². The first-order valence-corrected chi connectivity index (χ1v) is 13.2. The number of carbonyl (C=O) groups is 4. The number of nitrogens with one attached hydrogen (secondary N) is 3. The van der Waals surface area contributed by atoms with Gasteiger partial charge in [0.1, 0.15) is 23.5 Å². The summed E-state index contributed by atoms with van der Waals surface area (Å²) in [6, 6.07) is 15.1. The van der Waals surface area contributed by atoms with Crippen LogP contribution in [0.25, 0.3) is 10.9 Å². The number of H-pyrrole nitrogens is 1. The molecule has 10 heteroatoms. The average Bonchev–Trinajstić information content (AvgIpc) is 3.59. The van der Waals surface area contributed by atoms with Crippen LogP contribution < -0.4 is 21.1 Å². The Morgan fingerprint density at radius 3 is 2.67 bits per heavy atom. The molecule has 4 atom stereocenters. The third-order valence-electron chi connectivity index (χ3n) is 7.79. The van der Waals surface area contributed by atoms with Crippen molar-refractivity contribution in [1.29, 1.82) is 0 Å². The number of likely N-dealkylation sites (tertiary alicyclic amines) is 1. The average molecular weight is 532 g/mol. The zero-order valence-corrected chi connectivity index (χ0v) is 21.8. The van der Waals surface area contributed by atoms with Crippen LogP contribution in [0, 0.1) is 5.92 Å². The minimum Gasteiger partial charge on any atom is -0.496 e. The summed E-state index contributed by atoms with van der Waals surface area (Å²) in [5.74, 6) is -1.48. The third-order valence-corrected chi connectivity index (χ3v) is 7.79. The number of aromatic amines is 1. The second kappa shape index (κ2) is 11.2. The molecular formula is C29H33N5O5. The highest BCUT2D eigenvalue weighted by molar-refractivity contribution is 6.02. The summed E-state index contributed by atoms with van der Waals surface area (Å²) in [5, 5.41) is 6.33. The number of nitrogens with zero attached hydrogens (tertiary/aromatic N) is 1. The Kier molecular flexibility index (Phi) is 7.53. The molecule has 0 bridgehead atoms. The van der Waals surface area contributed by atoms with Crippen molar-refractivity contribution < 1.29 is 23.9 Å². The maximum atomic E-state index is 13.8. The van der Waals surface area contributed by atoms with Gasteiger partial charge in [0, 0.05) is 35.8 Å². The van der Waals surface area contributed by atoms with Gasteiger partial charge in [0.05, 0.1) is 7.11 Å². The molecule has 2 aromatic carbocycles. The van der Waals surface area contributed by atoms with Gasteiger partial charge in [-0.2, -0.15) is 0 Å². The Morgan fingerprint density at radius 2 is 1.95 bits per heavy atom. The molecule has 4 amide bonds. The third kappa shape index (κ3) is 5.45. The second-order valence-corrected chi connectivity index (χ2v) is 10.3. The first kappa shape index (κ1) is 26.3. The van der Waals surface area contributed by atoms with E-state index in [1.807, 2.05) is 48.5 Å². The number of hydrogen-bond acceptors (Lipinski definition) is 5. The Labute approximate surface area is 226 Å². The van der Waals surface area contributed by atoms with Crippen molar-refractivity contribution in [2.75, 3.05) is 20.2 Å². The van der Waals surface area contributed by atoms with E-state index in [0.29, 0.717) is 37.4 Å². The minimum absolute atomic E-state index is 0.0686. The zero-order valence-electron chi connectivity index (χ0n) is 21.8. The van der Waals surface area contributed by atoms with Gasteiger partial charge in [0.2, 0.25) is 17.7 Å². The fraction of sp³-hybridized carbons (Fsp3) is 0.379. The maximum absolute atomic E-state index is 13.8. The van der Waals surface area contributed by atoms with Crippen molar-refractivity contribution in [3.63, 3.8) is 0 Å². The van der Waals surface area contributed by atoms with Crippen molar-refractivity contribution in [1.82, 2.24) is 20.5 Å². The van der Waals surface area contributed by atoms with E-state index >= 15 is 0 Å². The van der Waals surface area contributed by atoms with Gasteiger partial charge in [-0.3, -0.25) is 19.2 Å². The van der Waals surface area contributed by atoms with Gasteiger partial charge in [-0.25, -0.2) is 0 Å². The molecule has 1 unspecified atom stereocenters. The number of ether oxygens (including phenoxy) is 1. The summed E-state index contributed by atoms with van der Waals surface area (Å²) in [6.45, 7) is 0.933. The molecule has 0 radical (unpaired) electrons. The van der Waals surface area contributed by atoms with E-state index in [1.54, 1.807) is 18.1 Å². The van der Waals surface area contributed by atoms with Crippen LogP contribution in [0.2, 0.25) is 0 Å². The second-order valence-electron chi connectivity index (χ2n) is 10.3.